The molecule has 0 aromatic rings. The van der Waals surface area contributed by atoms with Crippen LogP contribution in [0.2, 0.25) is 0 Å². The molecule has 0 aliphatic heterocycles. The topological polar surface area (TPSA) is 179 Å². The van der Waals surface area contributed by atoms with E-state index >= 15 is 0 Å². The molecule has 0 saturated carbocycles. The highest BCUT2D eigenvalue weighted by Crippen LogP contribution is 1.38. The predicted molar refractivity (Wildman–Crippen MR) is 37.8 cm³/mol. The van der Waals surface area contributed by atoms with Gasteiger partial charge in [-0.1, -0.05) is 0 Å². The Morgan fingerprint density at radius 3 is 0.917 bits per heavy atom. The number of nitrogens with two attached hydrogens (primary N) is 2. The Morgan fingerprint density at radius 2 is 0.917 bits per heavy atom. The van der Waals surface area contributed by atoms with Gasteiger partial charge in [0.2, 0.25) is 0 Å². The second-order valence-corrected chi connectivity index (χ2v) is 0.476. The van der Waals surface area contributed by atoms with Crippen molar-refractivity contribution >= 4 is 0 Å². The van der Waals surface area contributed by atoms with Crippen LogP contribution in [0.3, 0.4) is 0 Å². The van der Waals surface area contributed by atoms with Crippen molar-refractivity contribution in [3.63, 3.8) is 0 Å². The SMILES string of the molecule is CN.CN.O=[N+]([O-])O.O=[N+]([O-])O. The van der Waals surface area contributed by atoms with Crippen LogP contribution in [0.1, 0.15) is 0 Å². The molecule has 0 bridgehead atoms. The van der Waals surface area contributed by atoms with Crippen molar-refractivity contribution in [1.29, 1.82) is 0 Å². The Labute approximate surface area is 67.6 Å². The van der Waals surface area contributed by atoms with Gasteiger partial charge in [0.25, 0.3) is 10.2 Å². The molecule has 0 spiro atoms. The summed E-state index contributed by atoms with van der Waals surface area (Å²) in [6.45, 7) is 0. The summed E-state index contributed by atoms with van der Waals surface area (Å²) in [5, 5.41) is 27.3. The van der Waals surface area contributed by atoms with Gasteiger partial charge in [0.05, 0.1) is 0 Å². The van der Waals surface area contributed by atoms with E-state index in [1.807, 2.05) is 0 Å². The third-order valence-corrected chi connectivity index (χ3v) is 0. The molecule has 0 fully saturated rings. The fraction of sp³-hybridized carbons (Fsp3) is 1.00. The fourth-order valence-electron chi connectivity index (χ4n) is 0. The molecule has 0 amide bonds. The molecule has 0 rings (SSSR count). The third kappa shape index (κ3) is 158. The quantitative estimate of drug-likeness (QED) is 0.260. The molecular formula is C2H12N4O6. The number of rotatable bonds is 0. The van der Waals surface area contributed by atoms with Crippen LogP contribution in [0.5, 0.6) is 0 Å². The first-order valence-electron chi connectivity index (χ1n) is 2.28. The molecule has 10 heteroatoms. The summed E-state index contributed by atoms with van der Waals surface area (Å²) in [6.07, 6.45) is 0. The molecule has 6 N–H and O–H groups in total. The smallest absolute Gasteiger partial charge is 0.291 e. The maximum atomic E-state index is 8.36. The van der Waals surface area contributed by atoms with Gasteiger partial charge in [-0.15, -0.1) is 20.2 Å². The molecule has 0 saturated heterocycles. The van der Waals surface area contributed by atoms with Gasteiger partial charge in [0.1, 0.15) is 0 Å². The third-order valence-electron chi connectivity index (χ3n) is 0. The molecule has 10 nitrogen and oxygen atoms in total. The molecule has 0 heterocycles. The van der Waals surface area contributed by atoms with Crippen molar-refractivity contribution in [3.8, 4) is 0 Å². The summed E-state index contributed by atoms with van der Waals surface area (Å²) in [7, 11) is 3.00. The van der Waals surface area contributed by atoms with Gasteiger partial charge in [0, 0.05) is 0 Å². The highest BCUT2D eigenvalue weighted by Gasteiger charge is 1.65. The van der Waals surface area contributed by atoms with Crippen LogP contribution in [0.4, 0.5) is 0 Å². The summed E-state index contributed by atoms with van der Waals surface area (Å²) in [5.41, 5.74) is 9.00. The largest absolute Gasteiger partial charge is 0.333 e. The van der Waals surface area contributed by atoms with Crippen LogP contribution < -0.4 is 11.5 Å². The molecule has 0 aliphatic carbocycles. The van der Waals surface area contributed by atoms with E-state index in [-0.39, 0.29) is 0 Å². The lowest BCUT2D eigenvalue weighted by atomic mass is 11.6. The van der Waals surface area contributed by atoms with Gasteiger partial charge in [0.15, 0.2) is 0 Å². The lowest BCUT2D eigenvalue weighted by Gasteiger charge is -1.56. The summed E-state index contributed by atoms with van der Waals surface area (Å²) in [6, 6.07) is 0. The van der Waals surface area contributed by atoms with Gasteiger partial charge >= 0.3 is 0 Å². The van der Waals surface area contributed by atoms with E-state index in [1.54, 1.807) is 0 Å². The van der Waals surface area contributed by atoms with Crippen LogP contribution in [-0.2, 0) is 0 Å². The highest BCUT2D eigenvalue weighted by molar-refractivity contribution is 3.83. The van der Waals surface area contributed by atoms with E-state index in [0.717, 1.165) is 0 Å². The van der Waals surface area contributed by atoms with Crippen molar-refractivity contribution in [1.82, 2.24) is 0 Å². The lowest BCUT2D eigenvalue weighted by Crippen LogP contribution is -1.81. The minimum absolute atomic E-state index is 1.50. The van der Waals surface area contributed by atoms with E-state index in [9.17, 15) is 0 Å². The summed E-state index contributed by atoms with van der Waals surface area (Å²) in [5.74, 6) is 0. The Hall–Kier alpha value is -1.68. The Balaban J connectivity index is -0.0000000380. The Bertz CT molecular complexity index is 75.5. The average molecular weight is 188 g/mol. The normalized spacial score (nSPS) is 5.00. The van der Waals surface area contributed by atoms with Gasteiger partial charge < -0.3 is 21.9 Å². The summed E-state index contributed by atoms with van der Waals surface area (Å²) < 4.78 is 0. The zero-order chi connectivity index (χ0) is 11.2. The van der Waals surface area contributed by atoms with Gasteiger partial charge in [-0.2, -0.15) is 0 Å². The van der Waals surface area contributed by atoms with Gasteiger partial charge in [-0.05, 0) is 14.1 Å². The fourth-order valence-corrected chi connectivity index (χ4v) is 0. The Morgan fingerprint density at radius 1 is 0.917 bits per heavy atom. The van der Waals surface area contributed by atoms with Crippen LogP contribution in [0.25, 0.3) is 0 Å². The molecule has 0 unspecified atom stereocenters. The van der Waals surface area contributed by atoms with E-state index in [1.165, 1.54) is 14.1 Å². The van der Waals surface area contributed by atoms with Crippen molar-refractivity contribution in [3.05, 3.63) is 20.2 Å². The minimum atomic E-state index is -1.50. The molecule has 0 aromatic heterocycles. The second-order valence-electron chi connectivity index (χ2n) is 0.476. The molecule has 0 radical (unpaired) electrons. The highest BCUT2D eigenvalue weighted by atomic mass is 16.9. The van der Waals surface area contributed by atoms with Crippen molar-refractivity contribution in [2.75, 3.05) is 14.1 Å². The first-order valence-corrected chi connectivity index (χ1v) is 2.28. The van der Waals surface area contributed by atoms with Crippen molar-refractivity contribution in [2.45, 2.75) is 0 Å². The first kappa shape index (κ1) is 22.4. The molecule has 0 aromatic carbocycles. The molecular weight excluding hydrogens is 176 g/mol. The van der Waals surface area contributed by atoms with Crippen LogP contribution in [-0.4, -0.2) is 34.7 Å². The maximum absolute atomic E-state index is 8.36. The molecule has 0 atom stereocenters. The Kier molecular flexibility index (Phi) is 64.7. The van der Waals surface area contributed by atoms with Crippen molar-refractivity contribution in [2.24, 2.45) is 11.5 Å². The zero-order valence-electron chi connectivity index (χ0n) is 6.58. The summed E-state index contributed by atoms with van der Waals surface area (Å²) in [4.78, 5) is 16.7. The lowest BCUT2D eigenvalue weighted by molar-refractivity contribution is -0.742. The van der Waals surface area contributed by atoms with Crippen molar-refractivity contribution < 1.29 is 20.6 Å². The predicted octanol–water partition coefficient (Wildman–Crippen LogP) is -1.55. The van der Waals surface area contributed by atoms with Crippen LogP contribution in [0, 0.1) is 20.2 Å². The standard InChI is InChI=1S/2CH5N.2HNO3/c2*1-2;2*2-1(3)4/h2*2H2,1H3;2*(H,2,3,4). The maximum Gasteiger partial charge on any atom is 0.291 e. The average Bonchev–Trinajstić information content (AvgIpc) is 1.93. The van der Waals surface area contributed by atoms with E-state index in [4.69, 9.17) is 30.6 Å². The second kappa shape index (κ2) is 34.6. The van der Waals surface area contributed by atoms with Gasteiger partial charge in [-0.3, -0.25) is 0 Å². The van der Waals surface area contributed by atoms with Crippen LogP contribution >= 0.6 is 0 Å². The van der Waals surface area contributed by atoms with E-state index in [2.05, 4.69) is 11.5 Å². The van der Waals surface area contributed by atoms with E-state index < -0.39 is 10.2 Å². The van der Waals surface area contributed by atoms with Crippen LogP contribution in [0.15, 0.2) is 0 Å². The van der Waals surface area contributed by atoms with E-state index in [0.29, 0.717) is 0 Å². The monoisotopic (exact) mass is 188 g/mol. The number of hydrogen-bond acceptors (Lipinski definition) is 6. The molecule has 0 aliphatic rings. The minimum Gasteiger partial charge on any atom is -0.333 e. The first-order chi connectivity index (χ1) is 5.46. The molecule has 76 valence electrons. The number of hydrogen-bond donors (Lipinski definition) is 4. The molecule has 12 heavy (non-hydrogen) atoms. The summed E-state index contributed by atoms with van der Waals surface area (Å²) >= 11 is 0. The zero-order valence-corrected chi connectivity index (χ0v) is 6.58. The van der Waals surface area contributed by atoms with Gasteiger partial charge in [-0.25, -0.2) is 0 Å². The number of nitrogens with zero attached hydrogens (tertiary/aromatic N) is 2.